The molecule has 2 heterocycles. The van der Waals surface area contributed by atoms with E-state index in [0.29, 0.717) is 28.8 Å². The van der Waals surface area contributed by atoms with Crippen molar-refractivity contribution in [2.45, 2.75) is 6.42 Å². The molecule has 4 aromatic rings. The van der Waals surface area contributed by atoms with E-state index in [1.165, 1.54) is 0 Å². The molecule has 2 aromatic heterocycles. The summed E-state index contributed by atoms with van der Waals surface area (Å²) in [4.78, 5) is 19.6. The van der Waals surface area contributed by atoms with Gasteiger partial charge in [0.15, 0.2) is 0 Å². The van der Waals surface area contributed by atoms with Crippen LogP contribution in [-0.4, -0.2) is 15.9 Å². The number of rotatable bonds is 5. The van der Waals surface area contributed by atoms with E-state index < -0.39 is 0 Å². The molecule has 4 rings (SSSR count). The van der Waals surface area contributed by atoms with E-state index in [1.54, 1.807) is 42.6 Å². The summed E-state index contributed by atoms with van der Waals surface area (Å²) in [6, 6.07) is 18.4. The highest BCUT2D eigenvalue weighted by Gasteiger charge is 2.07. The van der Waals surface area contributed by atoms with Gasteiger partial charge in [-0.25, -0.2) is 4.98 Å². The van der Waals surface area contributed by atoms with Crippen LogP contribution in [-0.2, 0) is 11.2 Å². The summed E-state index contributed by atoms with van der Waals surface area (Å²) in [7, 11) is 0. The zero-order valence-electron chi connectivity index (χ0n) is 14.3. The van der Waals surface area contributed by atoms with Crippen molar-refractivity contribution in [3.63, 3.8) is 0 Å². The summed E-state index contributed by atoms with van der Waals surface area (Å²) >= 11 is 5.94. The highest BCUT2D eigenvalue weighted by atomic mass is 35.5. The first kappa shape index (κ1) is 17.1. The lowest BCUT2D eigenvalue weighted by Gasteiger charge is -2.08. The van der Waals surface area contributed by atoms with E-state index in [2.05, 4.69) is 15.3 Å². The van der Waals surface area contributed by atoms with Crippen molar-refractivity contribution in [3.05, 3.63) is 83.6 Å². The Labute approximate surface area is 161 Å². The zero-order valence-corrected chi connectivity index (χ0v) is 15.0. The molecule has 5 nitrogen and oxygen atoms in total. The molecule has 2 aromatic carbocycles. The first-order chi connectivity index (χ1) is 13.2. The van der Waals surface area contributed by atoms with E-state index in [9.17, 15) is 4.79 Å². The number of fused-ring (bicyclic) bond motifs is 1. The van der Waals surface area contributed by atoms with E-state index in [-0.39, 0.29) is 5.91 Å². The average Bonchev–Trinajstić information content (AvgIpc) is 3.11. The Morgan fingerprint density at radius 2 is 2.04 bits per heavy atom. The topological polar surface area (TPSA) is 67.0 Å². The Morgan fingerprint density at radius 3 is 2.85 bits per heavy atom. The molecule has 0 saturated heterocycles. The SMILES string of the molecule is O=C(Cc1ccc2[nH]ccc2c1)Nc1ccc(Oc2cccc(Cl)c2)nc1. The van der Waals surface area contributed by atoms with Crippen LogP contribution in [0, 0.1) is 0 Å². The molecule has 0 atom stereocenters. The summed E-state index contributed by atoms with van der Waals surface area (Å²) in [5.41, 5.74) is 2.62. The fourth-order valence-electron chi connectivity index (χ4n) is 2.77. The predicted octanol–water partition coefficient (Wildman–Crippen LogP) is 5.19. The molecule has 0 fully saturated rings. The number of halogens is 1. The molecule has 2 N–H and O–H groups in total. The average molecular weight is 378 g/mol. The third kappa shape index (κ3) is 4.27. The van der Waals surface area contributed by atoms with Crippen LogP contribution in [0.1, 0.15) is 5.56 Å². The molecule has 0 unspecified atom stereocenters. The minimum absolute atomic E-state index is 0.102. The number of carbonyl (C=O) groups excluding carboxylic acids is 1. The van der Waals surface area contributed by atoms with E-state index in [0.717, 1.165) is 16.5 Å². The van der Waals surface area contributed by atoms with Gasteiger partial charge in [0.05, 0.1) is 18.3 Å². The number of aromatic nitrogens is 2. The van der Waals surface area contributed by atoms with Crippen LogP contribution in [0.3, 0.4) is 0 Å². The number of nitrogens with one attached hydrogen (secondary N) is 2. The Morgan fingerprint density at radius 1 is 1.11 bits per heavy atom. The smallest absolute Gasteiger partial charge is 0.228 e. The van der Waals surface area contributed by atoms with Gasteiger partial charge in [-0.3, -0.25) is 4.79 Å². The molecule has 0 radical (unpaired) electrons. The highest BCUT2D eigenvalue weighted by Crippen LogP contribution is 2.23. The molecule has 0 bridgehead atoms. The molecular formula is C21H16ClN3O2. The number of hydrogen-bond donors (Lipinski definition) is 2. The van der Waals surface area contributed by atoms with E-state index >= 15 is 0 Å². The summed E-state index contributed by atoms with van der Waals surface area (Å²) in [6.07, 6.45) is 3.74. The van der Waals surface area contributed by atoms with E-state index in [1.807, 2.05) is 30.5 Å². The summed E-state index contributed by atoms with van der Waals surface area (Å²) < 4.78 is 5.64. The van der Waals surface area contributed by atoms with Crippen molar-refractivity contribution in [1.29, 1.82) is 0 Å². The fraction of sp³-hybridized carbons (Fsp3) is 0.0476. The number of carbonyl (C=O) groups is 1. The number of ether oxygens (including phenoxy) is 1. The molecule has 6 heteroatoms. The number of nitrogens with zero attached hydrogens (tertiary/aromatic N) is 1. The number of H-pyrrole nitrogens is 1. The molecule has 1 amide bonds. The third-order valence-corrected chi connectivity index (χ3v) is 4.26. The standard InChI is InChI=1S/C21H16ClN3O2/c22-16-2-1-3-18(12-16)27-21-7-5-17(13-24-21)25-20(26)11-14-4-6-19-15(10-14)8-9-23-19/h1-10,12-13,23H,11H2,(H,25,26). The van der Waals surface area contributed by atoms with Gasteiger partial charge in [0.2, 0.25) is 11.8 Å². The van der Waals surface area contributed by atoms with Crippen LogP contribution in [0.4, 0.5) is 5.69 Å². The van der Waals surface area contributed by atoms with Gasteiger partial charge in [-0.15, -0.1) is 0 Å². The van der Waals surface area contributed by atoms with Gasteiger partial charge < -0.3 is 15.0 Å². The van der Waals surface area contributed by atoms with Gasteiger partial charge in [-0.05, 0) is 53.4 Å². The molecule has 0 aliphatic carbocycles. The maximum Gasteiger partial charge on any atom is 0.228 e. The quantitative estimate of drug-likeness (QED) is 0.503. The second-order valence-electron chi connectivity index (χ2n) is 6.07. The number of anilines is 1. The van der Waals surface area contributed by atoms with Crippen molar-refractivity contribution in [2.24, 2.45) is 0 Å². The molecule has 0 aliphatic heterocycles. The van der Waals surface area contributed by atoms with Gasteiger partial charge >= 0.3 is 0 Å². The minimum atomic E-state index is -0.102. The first-order valence-electron chi connectivity index (χ1n) is 8.41. The lowest BCUT2D eigenvalue weighted by molar-refractivity contribution is -0.115. The molecule has 0 aliphatic rings. The zero-order chi connectivity index (χ0) is 18.6. The highest BCUT2D eigenvalue weighted by molar-refractivity contribution is 6.30. The number of aromatic amines is 1. The van der Waals surface area contributed by atoms with Gasteiger partial charge in [0.1, 0.15) is 5.75 Å². The monoisotopic (exact) mass is 377 g/mol. The molecule has 27 heavy (non-hydrogen) atoms. The lowest BCUT2D eigenvalue weighted by Crippen LogP contribution is -2.14. The van der Waals surface area contributed by atoms with Crippen LogP contribution >= 0.6 is 11.6 Å². The second kappa shape index (κ2) is 7.51. The molecular weight excluding hydrogens is 362 g/mol. The van der Waals surface area contributed by atoms with Crippen LogP contribution in [0.25, 0.3) is 10.9 Å². The summed E-state index contributed by atoms with van der Waals surface area (Å²) in [5.74, 6) is 0.926. The lowest BCUT2D eigenvalue weighted by atomic mass is 10.1. The Kier molecular flexibility index (Phi) is 4.77. The van der Waals surface area contributed by atoms with Gasteiger partial charge in [0, 0.05) is 22.8 Å². The normalized spacial score (nSPS) is 10.7. The minimum Gasteiger partial charge on any atom is -0.439 e. The van der Waals surface area contributed by atoms with Gasteiger partial charge in [-0.2, -0.15) is 0 Å². The first-order valence-corrected chi connectivity index (χ1v) is 8.79. The van der Waals surface area contributed by atoms with Crippen molar-refractivity contribution < 1.29 is 9.53 Å². The summed E-state index contributed by atoms with van der Waals surface area (Å²) in [5, 5.41) is 4.53. The second-order valence-corrected chi connectivity index (χ2v) is 6.51. The maximum absolute atomic E-state index is 12.3. The van der Waals surface area contributed by atoms with Gasteiger partial charge in [0.25, 0.3) is 0 Å². The number of benzene rings is 2. The van der Waals surface area contributed by atoms with Crippen LogP contribution in [0.5, 0.6) is 11.6 Å². The van der Waals surface area contributed by atoms with Crippen LogP contribution < -0.4 is 10.1 Å². The van der Waals surface area contributed by atoms with Crippen LogP contribution in [0.2, 0.25) is 5.02 Å². The van der Waals surface area contributed by atoms with Crippen molar-refractivity contribution in [2.75, 3.05) is 5.32 Å². The van der Waals surface area contributed by atoms with Crippen molar-refractivity contribution in [3.8, 4) is 11.6 Å². The number of pyridine rings is 1. The molecule has 0 spiro atoms. The van der Waals surface area contributed by atoms with Crippen molar-refractivity contribution >= 4 is 34.1 Å². The molecule has 134 valence electrons. The maximum atomic E-state index is 12.3. The fourth-order valence-corrected chi connectivity index (χ4v) is 2.95. The number of hydrogen-bond acceptors (Lipinski definition) is 3. The number of amides is 1. The Bertz CT molecular complexity index is 1090. The van der Waals surface area contributed by atoms with Gasteiger partial charge in [-0.1, -0.05) is 23.7 Å². The largest absolute Gasteiger partial charge is 0.439 e. The Balaban J connectivity index is 1.38. The van der Waals surface area contributed by atoms with Crippen LogP contribution in [0.15, 0.2) is 73.1 Å². The Hall–Kier alpha value is -3.31. The van der Waals surface area contributed by atoms with Crippen molar-refractivity contribution in [1.82, 2.24) is 9.97 Å². The van der Waals surface area contributed by atoms with E-state index in [4.69, 9.17) is 16.3 Å². The summed E-state index contributed by atoms with van der Waals surface area (Å²) in [6.45, 7) is 0. The third-order valence-electron chi connectivity index (χ3n) is 4.02. The predicted molar refractivity (Wildman–Crippen MR) is 106 cm³/mol. The molecule has 0 saturated carbocycles.